The number of carbonyl (C=O) groups excluding carboxylic acids is 2. The van der Waals surface area contributed by atoms with Crippen LogP contribution < -0.4 is 11.1 Å². The molecule has 0 spiro atoms. The number of nitrogens with zero attached hydrogens (tertiary/aromatic N) is 3. The van der Waals surface area contributed by atoms with Crippen LogP contribution in [-0.2, 0) is 24.2 Å². The second-order valence-corrected chi connectivity index (χ2v) is 8.52. The fourth-order valence-corrected chi connectivity index (χ4v) is 5.17. The first-order valence-electron chi connectivity index (χ1n) is 8.35. The van der Waals surface area contributed by atoms with Gasteiger partial charge >= 0.3 is 0 Å². The minimum atomic E-state index is -0.485. The zero-order chi connectivity index (χ0) is 18.8. The second kappa shape index (κ2) is 7.63. The Morgan fingerprint density at radius 1 is 1.46 bits per heavy atom. The van der Waals surface area contributed by atoms with Crippen molar-refractivity contribution in [3.8, 4) is 0 Å². The molecule has 9 heteroatoms. The van der Waals surface area contributed by atoms with Crippen molar-refractivity contribution in [1.29, 1.82) is 0 Å². The van der Waals surface area contributed by atoms with Gasteiger partial charge in [-0.2, -0.15) is 0 Å². The van der Waals surface area contributed by atoms with E-state index in [1.807, 2.05) is 11.5 Å². The highest BCUT2D eigenvalue weighted by molar-refractivity contribution is 8.00. The van der Waals surface area contributed by atoms with E-state index in [0.29, 0.717) is 22.3 Å². The van der Waals surface area contributed by atoms with E-state index in [0.717, 1.165) is 35.5 Å². The lowest BCUT2D eigenvalue weighted by atomic mass is 10.1. The maximum absolute atomic E-state index is 12.6. The Bertz CT molecular complexity index is 871. The number of thiophene rings is 1. The Balaban J connectivity index is 1.75. The van der Waals surface area contributed by atoms with Gasteiger partial charge in [-0.1, -0.05) is 17.8 Å². The molecular weight excluding hydrogens is 370 g/mol. The molecule has 0 saturated carbocycles. The lowest BCUT2D eigenvalue weighted by molar-refractivity contribution is -0.115. The molecule has 0 bridgehead atoms. The molecule has 0 aliphatic heterocycles. The van der Waals surface area contributed by atoms with E-state index in [1.54, 1.807) is 13.0 Å². The maximum atomic E-state index is 12.6. The summed E-state index contributed by atoms with van der Waals surface area (Å²) in [4.78, 5) is 25.6. The fourth-order valence-electron chi connectivity index (χ4n) is 2.97. The minimum Gasteiger partial charge on any atom is -0.365 e. The average Bonchev–Trinajstić information content (AvgIpc) is 3.24. The van der Waals surface area contributed by atoms with E-state index in [4.69, 9.17) is 5.73 Å². The molecule has 26 heavy (non-hydrogen) atoms. The first kappa shape index (κ1) is 18.7. The van der Waals surface area contributed by atoms with Crippen molar-refractivity contribution in [2.24, 2.45) is 5.73 Å². The summed E-state index contributed by atoms with van der Waals surface area (Å²) in [5.41, 5.74) is 7.01. The Morgan fingerprint density at radius 3 is 2.92 bits per heavy atom. The summed E-state index contributed by atoms with van der Waals surface area (Å²) >= 11 is 2.78. The molecule has 1 aliphatic rings. The van der Waals surface area contributed by atoms with Crippen molar-refractivity contribution in [2.75, 3.05) is 5.32 Å². The predicted molar refractivity (Wildman–Crippen MR) is 104 cm³/mol. The summed E-state index contributed by atoms with van der Waals surface area (Å²) in [5, 5.41) is 11.9. The molecule has 2 amide bonds. The molecule has 2 aromatic rings. The number of primary amides is 1. The van der Waals surface area contributed by atoms with Gasteiger partial charge in [-0.05, 0) is 38.7 Å². The number of carbonyl (C=O) groups is 2. The second-order valence-electron chi connectivity index (χ2n) is 6.10. The molecule has 0 saturated heterocycles. The third-order valence-corrected chi connectivity index (χ3v) is 6.56. The van der Waals surface area contributed by atoms with Gasteiger partial charge < -0.3 is 15.6 Å². The Kier molecular flexibility index (Phi) is 5.47. The van der Waals surface area contributed by atoms with Gasteiger partial charge in [-0.25, -0.2) is 0 Å². The van der Waals surface area contributed by atoms with Crippen LogP contribution in [0.5, 0.6) is 0 Å². The van der Waals surface area contributed by atoms with Crippen LogP contribution in [0.1, 0.15) is 40.0 Å². The number of fused-ring (bicyclic) bond motifs is 1. The SMILES string of the molecule is C=CCn1c(C)nnc1S[C@@H](C)C(=O)Nc1sc2c(c1C(N)=O)CCC2. The van der Waals surface area contributed by atoms with Crippen molar-refractivity contribution >= 4 is 39.9 Å². The lowest BCUT2D eigenvalue weighted by Gasteiger charge is -2.12. The van der Waals surface area contributed by atoms with Crippen LogP contribution in [0.4, 0.5) is 5.00 Å². The number of aromatic nitrogens is 3. The maximum Gasteiger partial charge on any atom is 0.251 e. The van der Waals surface area contributed by atoms with Gasteiger partial charge in [0.05, 0.1) is 10.8 Å². The molecule has 0 radical (unpaired) electrons. The van der Waals surface area contributed by atoms with Crippen molar-refractivity contribution in [3.63, 3.8) is 0 Å². The Labute approximate surface area is 160 Å². The summed E-state index contributed by atoms with van der Waals surface area (Å²) in [6.45, 7) is 7.97. The molecule has 1 atom stereocenters. The van der Waals surface area contributed by atoms with Gasteiger partial charge in [0.15, 0.2) is 5.16 Å². The topological polar surface area (TPSA) is 103 Å². The number of hydrogen-bond donors (Lipinski definition) is 2. The van der Waals surface area contributed by atoms with Gasteiger partial charge in [0.2, 0.25) is 5.91 Å². The number of hydrogen-bond acceptors (Lipinski definition) is 6. The largest absolute Gasteiger partial charge is 0.365 e. The molecule has 2 aromatic heterocycles. The smallest absolute Gasteiger partial charge is 0.251 e. The number of nitrogens with one attached hydrogen (secondary N) is 1. The number of thioether (sulfide) groups is 1. The summed E-state index contributed by atoms with van der Waals surface area (Å²) in [6.07, 6.45) is 4.57. The van der Waals surface area contributed by atoms with E-state index in [9.17, 15) is 9.59 Å². The summed E-state index contributed by atoms with van der Waals surface area (Å²) in [6, 6.07) is 0. The van der Waals surface area contributed by atoms with Crippen LogP contribution >= 0.6 is 23.1 Å². The van der Waals surface area contributed by atoms with Crippen molar-refractivity contribution in [3.05, 3.63) is 34.5 Å². The van der Waals surface area contributed by atoms with Crippen LogP contribution in [0.2, 0.25) is 0 Å². The van der Waals surface area contributed by atoms with Gasteiger partial charge in [0.1, 0.15) is 10.8 Å². The molecule has 7 nitrogen and oxygen atoms in total. The van der Waals surface area contributed by atoms with Crippen LogP contribution in [-0.4, -0.2) is 31.8 Å². The van der Waals surface area contributed by atoms with Crippen LogP contribution in [0.3, 0.4) is 0 Å². The van der Waals surface area contributed by atoms with Gasteiger partial charge in [-0.15, -0.1) is 28.1 Å². The minimum absolute atomic E-state index is 0.191. The number of allylic oxidation sites excluding steroid dienone is 1. The molecule has 0 aromatic carbocycles. The molecular formula is C17H21N5O2S2. The molecule has 0 unspecified atom stereocenters. The van der Waals surface area contributed by atoms with Crippen LogP contribution in [0, 0.1) is 6.92 Å². The highest BCUT2D eigenvalue weighted by atomic mass is 32.2. The predicted octanol–water partition coefficient (Wildman–Crippen LogP) is 2.54. The first-order chi connectivity index (χ1) is 12.4. The zero-order valence-corrected chi connectivity index (χ0v) is 16.4. The van der Waals surface area contributed by atoms with E-state index >= 15 is 0 Å². The number of nitrogens with two attached hydrogens (primary N) is 1. The Morgan fingerprint density at radius 2 is 2.23 bits per heavy atom. The summed E-state index contributed by atoms with van der Waals surface area (Å²) < 4.78 is 1.90. The van der Waals surface area contributed by atoms with Crippen LogP contribution in [0.25, 0.3) is 0 Å². The fraction of sp³-hybridized carbons (Fsp3) is 0.412. The van der Waals surface area contributed by atoms with E-state index in [1.165, 1.54) is 23.1 Å². The molecule has 3 rings (SSSR count). The van der Waals surface area contributed by atoms with E-state index < -0.39 is 11.2 Å². The van der Waals surface area contributed by atoms with E-state index in [2.05, 4.69) is 22.1 Å². The number of aryl methyl sites for hydroxylation is 2. The van der Waals surface area contributed by atoms with Crippen molar-refractivity contribution < 1.29 is 9.59 Å². The van der Waals surface area contributed by atoms with Gasteiger partial charge in [0, 0.05) is 11.4 Å². The highest BCUT2D eigenvalue weighted by Crippen LogP contribution is 2.39. The number of amides is 2. The van der Waals surface area contributed by atoms with E-state index in [-0.39, 0.29) is 5.91 Å². The van der Waals surface area contributed by atoms with Crippen molar-refractivity contribution in [2.45, 2.75) is 50.1 Å². The molecule has 0 fully saturated rings. The lowest BCUT2D eigenvalue weighted by Crippen LogP contribution is -2.24. The molecule has 138 valence electrons. The van der Waals surface area contributed by atoms with Crippen LogP contribution in [0.15, 0.2) is 17.8 Å². The monoisotopic (exact) mass is 391 g/mol. The van der Waals surface area contributed by atoms with Gasteiger partial charge in [-0.3, -0.25) is 9.59 Å². The summed E-state index contributed by atoms with van der Waals surface area (Å²) in [5.74, 6) is 0.0929. The zero-order valence-electron chi connectivity index (χ0n) is 14.7. The highest BCUT2D eigenvalue weighted by Gasteiger charge is 2.27. The summed E-state index contributed by atoms with van der Waals surface area (Å²) in [7, 11) is 0. The third-order valence-electron chi connectivity index (χ3n) is 4.27. The number of rotatable bonds is 7. The number of anilines is 1. The van der Waals surface area contributed by atoms with Gasteiger partial charge in [0.25, 0.3) is 5.91 Å². The third kappa shape index (κ3) is 3.54. The Hall–Kier alpha value is -2.13. The first-order valence-corrected chi connectivity index (χ1v) is 10.0. The average molecular weight is 392 g/mol. The molecule has 2 heterocycles. The molecule has 3 N–H and O–H groups in total. The molecule has 1 aliphatic carbocycles. The quantitative estimate of drug-likeness (QED) is 0.558. The van der Waals surface area contributed by atoms with Crippen molar-refractivity contribution in [1.82, 2.24) is 14.8 Å². The standard InChI is InChI=1S/C17H21N5O2S2/c1-4-8-22-10(3)20-21-17(22)25-9(2)15(24)19-16-13(14(18)23)11-6-5-7-12(11)26-16/h4,9H,1,5-8H2,2-3H3,(H2,18,23)(H,19,24)/t9-/m0/s1. The normalized spacial score (nSPS) is 14.1.